The Morgan fingerprint density at radius 2 is 2.00 bits per heavy atom. The van der Waals surface area contributed by atoms with E-state index in [1.165, 1.54) is 18.2 Å². The number of carbonyl (C=O) groups excluding carboxylic acids is 1. The van der Waals surface area contributed by atoms with Crippen molar-refractivity contribution in [3.63, 3.8) is 0 Å². The number of rotatable bonds is 4. The van der Waals surface area contributed by atoms with Crippen molar-refractivity contribution in [1.29, 1.82) is 0 Å². The molecule has 1 amide bonds. The minimum Gasteiger partial charge on any atom is -0.481 e. The van der Waals surface area contributed by atoms with Gasteiger partial charge in [0.1, 0.15) is 11.4 Å². The van der Waals surface area contributed by atoms with E-state index in [9.17, 15) is 14.0 Å². The van der Waals surface area contributed by atoms with Crippen molar-refractivity contribution < 1.29 is 23.8 Å². The fourth-order valence-corrected chi connectivity index (χ4v) is 2.91. The van der Waals surface area contributed by atoms with E-state index in [0.29, 0.717) is 24.1 Å². The van der Waals surface area contributed by atoms with Gasteiger partial charge in [-0.25, -0.2) is 9.18 Å². The van der Waals surface area contributed by atoms with Crippen LogP contribution in [0.4, 0.5) is 14.9 Å². The zero-order valence-electron chi connectivity index (χ0n) is 13.6. The molecule has 0 radical (unpaired) electrons. The lowest BCUT2D eigenvalue weighted by Gasteiger charge is -2.42. The maximum Gasteiger partial charge on any atom is 0.412 e. The number of hydrogen-bond donors (Lipinski definition) is 2. The molecule has 0 aromatic heterocycles. The molecule has 1 aliphatic carbocycles. The molecule has 0 aliphatic heterocycles. The summed E-state index contributed by atoms with van der Waals surface area (Å²) in [5.41, 5.74) is -0.351. The number of amides is 1. The van der Waals surface area contributed by atoms with Gasteiger partial charge in [-0.2, -0.15) is 0 Å². The van der Waals surface area contributed by atoms with E-state index in [1.54, 1.807) is 20.8 Å². The summed E-state index contributed by atoms with van der Waals surface area (Å²) < 4.78 is 18.9. The van der Waals surface area contributed by atoms with E-state index >= 15 is 0 Å². The molecule has 5 nitrogen and oxygen atoms in total. The normalized spacial score (nSPS) is 16.3. The van der Waals surface area contributed by atoms with Gasteiger partial charge >= 0.3 is 12.1 Å². The third-order valence-corrected chi connectivity index (χ3v) is 3.99. The highest BCUT2D eigenvalue weighted by Crippen LogP contribution is 2.49. The number of aliphatic carboxylic acids is 1. The molecule has 0 bridgehead atoms. The summed E-state index contributed by atoms with van der Waals surface area (Å²) in [5, 5.41) is 11.8. The fraction of sp³-hybridized carbons (Fsp3) is 0.529. The number of carbonyl (C=O) groups is 2. The highest BCUT2D eigenvalue weighted by Gasteiger charge is 2.42. The third-order valence-electron chi connectivity index (χ3n) is 3.99. The molecule has 1 aromatic carbocycles. The van der Waals surface area contributed by atoms with Gasteiger partial charge in [-0.1, -0.05) is 6.42 Å². The van der Waals surface area contributed by atoms with Gasteiger partial charge in [0.2, 0.25) is 0 Å². The quantitative estimate of drug-likeness (QED) is 0.876. The van der Waals surface area contributed by atoms with Crippen molar-refractivity contribution in [2.24, 2.45) is 0 Å². The van der Waals surface area contributed by atoms with Gasteiger partial charge in [0.05, 0.1) is 6.42 Å². The van der Waals surface area contributed by atoms with Crippen molar-refractivity contribution in [2.45, 2.75) is 57.5 Å². The largest absolute Gasteiger partial charge is 0.481 e. The number of hydrogen-bond acceptors (Lipinski definition) is 3. The Labute approximate surface area is 134 Å². The van der Waals surface area contributed by atoms with Crippen LogP contribution in [0.1, 0.15) is 52.0 Å². The monoisotopic (exact) mass is 323 g/mol. The van der Waals surface area contributed by atoms with Crippen LogP contribution < -0.4 is 5.32 Å². The average molecular weight is 323 g/mol. The zero-order valence-corrected chi connectivity index (χ0v) is 13.6. The number of carboxylic acid groups (broad SMARTS) is 1. The summed E-state index contributed by atoms with van der Waals surface area (Å²) in [7, 11) is 0. The van der Waals surface area contributed by atoms with Crippen LogP contribution in [0, 0.1) is 5.82 Å². The summed E-state index contributed by atoms with van der Waals surface area (Å²) >= 11 is 0. The van der Waals surface area contributed by atoms with Gasteiger partial charge in [0.25, 0.3) is 0 Å². The van der Waals surface area contributed by atoms with Crippen LogP contribution in [0.15, 0.2) is 18.2 Å². The third kappa shape index (κ3) is 4.21. The van der Waals surface area contributed by atoms with E-state index < -0.39 is 28.9 Å². The Bertz CT molecular complexity index is 618. The smallest absolute Gasteiger partial charge is 0.412 e. The van der Waals surface area contributed by atoms with Crippen LogP contribution in [-0.2, 0) is 14.9 Å². The van der Waals surface area contributed by atoms with Gasteiger partial charge in [-0.05, 0) is 57.4 Å². The summed E-state index contributed by atoms with van der Waals surface area (Å²) in [4.78, 5) is 23.2. The molecule has 1 saturated carbocycles. The predicted octanol–water partition coefficient (Wildman–Crippen LogP) is 4.07. The topological polar surface area (TPSA) is 75.6 Å². The highest BCUT2D eigenvalue weighted by molar-refractivity contribution is 5.86. The molecule has 2 N–H and O–H groups in total. The molecule has 0 atom stereocenters. The van der Waals surface area contributed by atoms with Crippen molar-refractivity contribution in [3.05, 3.63) is 29.6 Å². The number of nitrogens with one attached hydrogen (secondary N) is 1. The first-order valence-electron chi connectivity index (χ1n) is 7.63. The number of carboxylic acids is 1. The number of halogens is 1. The zero-order chi connectivity index (χ0) is 17.3. The molecular weight excluding hydrogens is 301 g/mol. The van der Waals surface area contributed by atoms with Crippen LogP contribution in [0.3, 0.4) is 0 Å². The van der Waals surface area contributed by atoms with Crippen LogP contribution in [0.5, 0.6) is 0 Å². The van der Waals surface area contributed by atoms with Gasteiger partial charge in [-0.3, -0.25) is 10.1 Å². The number of ether oxygens (including phenoxy) is 1. The standard InChI is InChI=1S/C17H22FNO4/c1-16(2,3)23-15(22)19-13-6-5-11(18)9-12(13)17(7-4-8-17)10-14(20)21/h5-6,9H,4,7-8,10H2,1-3H3,(H,19,22)(H,20,21). The van der Waals surface area contributed by atoms with Crippen LogP contribution in [0.25, 0.3) is 0 Å². The Balaban J connectivity index is 2.31. The first-order valence-corrected chi connectivity index (χ1v) is 7.63. The van der Waals surface area contributed by atoms with E-state index in [1.807, 2.05) is 0 Å². The first-order chi connectivity index (χ1) is 10.6. The Kier molecular flexibility index (Phi) is 4.63. The molecule has 0 heterocycles. The minimum absolute atomic E-state index is 0.0839. The van der Waals surface area contributed by atoms with E-state index in [0.717, 1.165) is 6.42 Å². The second kappa shape index (κ2) is 6.18. The van der Waals surface area contributed by atoms with E-state index in [4.69, 9.17) is 9.84 Å². The van der Waals surface area contributed by atoms with Gasteiger partial charge in [0, 0.05) is 11.1 Å². The van der Waals surface area contributed by atoms with E-state index in [2.05, 4.69) is 5.32 Å². The summed E-state index contributed by atoms with van der Waals surface area (Å²) in [6.07, 6.45) is 1.47. The molecule has 6 heteroatoms. The maximum absolute atomic E-state index is 13.7. The fourth-order valence-electron chi connectivity index (χ4n) is 2.91. The molecule has 23 heavy (non-hydrogen) atoms. The number of anilines is 1. The average Bonchev–Trinajstić information content (AvgIpc) is 2.33. The minimum atomic E-state index is -0.933. The molecule has 1 aromatic rings. The van der Waals surface area contributed by atoms with Gasteiger partial charge < -0.3 is 9.84 Å². The van der Waals surface area contributed by atoms with E-state index in [-0.39, 0.29) is 6.42 Å². The molecule has 0 spiro atoms. The van der Waals surface area contributed by atoms with Crippen molar-refractivity contribution in [2.75, 3.05) is 5.32 Å². The van der Waals surface area contributed by atoms with Crippen LogP contribution in [-0.4, -0.2) is 22.8 Å². The maximum atomic E-state index is 13.7. The summed E-state index contributed by atoms with van der Waals surface area (Å²) in [6.45, 7) is 5.24. The predicted molar refractivity (Wildman–Crippen MR) is 84.0 cm³/mol. The van der Waals surface area contributed by atoms with Crippen LogP contribution in [0.2, 0.25) is 0 Å². The molecular formula is C17H22FNO4. The SMILES string of the molecule is CC(C)(C)OC(=O)Nc1ccc(F)cc1C1(CC(=O)O)CCC1. The second-order valence-corrected chi connectivity index (χ2v) is 7.02. The highest BCUT2D eigenvalue weighted by atomic mass is 19.1. The number of benzene rings is 1. The Morgan fingerprint density at radius 1 is 1.35 bits per heavy atom. The molecule has 2 rings (SSSR count). The van der Waals surface area contributed by atoms with Crippen molar-refractivity contribution in [1.82, 2.24) is 0 Å². The van der Waals surface area contributed by atoms with Crippen molar-refractivity contribution in [3.8, 4) is 0 Å². The molecule has 126 valence electrons. The lowest BCUT2D eigenvalue weighted by atomic mass is 9.62. The molecule has 0 saturated heterocycles. The second-order valence-electron chi connectivity index (χ2n) is 7.02. The molecule has 1 fully saturated rings. The Morgan fingerprint density at radius 3 is 2.48 bits per heavy atom. The first kappa shape index (κ1) is 17.2. The van der Waals surface area contributed by atoms with Crippen molar-refractivity contribution >= 4 is 17.7 Å². The summed E-state index contributed by atoms with van der Waals surface area (Å²) in [6, 6.07) is 4.01. The van der Waals surface area contributed by atoms with Gasteiger partial charge in [0.15, 0.2) is 0 Å². The molecule has 0 unspecified atom stereocenters. The Hall–Kier alpha value is -2.11. The van der Waals surface area contributed by atoms with Crippen LogP contribution >= 0.6 is 0 Å². The lowest BCUT2D eigenvalue weighted by Crippen LogP contribution is -2.38. The summed E-state index contributed by atoms with van der Waals surface area (Å²) in [5.74, 6) is -1.39. The van der Waals surface area contributed by atoms with Gasteiger partial charge in [-0.15, -0.1) is 0 Å². The lowest BCUT2D eigenvalue weighted by molar-refractivity contribution is -0.139. The molecule has 1 aliphatic rings.